The van der Waals surface area contributed by atoms with E-state index < -0.39 is 0 Å². The van der Waals surface area contributed by atoms with E-state index in [-0.39, 0.29) is 11.3 Å². The van der Waals surface area contributed by atoms with Crippen LogP contribution in [0.1, 0.15) is 31.4 Å². The van der Waals surface area contributed by atoms with Gasteiger partial charge < -0.3 is 15.4 Å². The zero-order chi connectivity index (χ0) is 13.9. The van der Waals surface area contributed by atoms with Crippen LogP contribution in [-0.2, 0) is 21.4 Å². The van der Waals surface area contributed by atoms with Gasteiger partial charge in [-0.25, -0.2) is 0 Å². The van der Waals surface area contributed by atoms with Crippen molar-refractivity contribution in [2.75, 3.05) is 18.4 Å². The molecule has 2 N–H and O–H groups in total. The van der Waals surface area contributed by atoms with Gasteiger partial charge in [0.1, 0.15) is 6.29 Å². The average Bonchev–Trinajstić information content (AvgIpc) is 2.38. The summed E-state index contributed by atoms with van der Waals surface area (Å²) in [6, 6.07) is 6.19. The maximum absolute atomic E-state index is 11.3. The monoisotopic (exact) mass is 260 g/mol. The van der Waals surface area contributed by atoms with Gasteiger partial charge in [-0.2, -0.15) is 0 Å². The molecule has 2 rings (SSSR count). The maximum Gasteiger partial charge on any atom is 0.224 e. The Morgan fingerprint density at radius 3 is 2.89 bits per heavy atom. The molecule has 1 aromatic carbocycles. The predicted molar refractivity (Wildman–Crippen MR) is 75.4 cm³/mol. The molecule has 1 heterocycles. The first-order valence-electron chi connectivity index (χ1n) is 6.60. The van der Waals surface area contributed by atoms with Gasteiger partial charge in [-0.05, 0) is 23.6 Å². The molecule has 4 nitrogen and oxygen atoms in total. The molecule has 1 aliphatic heterocycles. The number of aryl methyl sites for hydroxylation is 1. The zero-order valence-electron chi connectivity index (χ0n) is 11.5. The summed E-state index contributed by atoms with van der Waals surface area (Å²) < 4.78 is 0. The minimum Gasteiger partial charge on any atom is -0.326 e. The first kappa shape index (κ1) is 13.7. The molecular formula is C15H20N2O2. The van der Waals surface area contributed by atoms with Crippen molar-refractivity contribution in [3.05, 3.63) is 29.3 Å². The van der Waals surface area contributed by atoms with Gasteiger partial charge in [0.05, 0.1) is 6.54 Å². The van der Waals surface area contributed by atoms with Crippen LogP contribution in [0.4, 0.5) is 5.69 Å². The van der Waals surface area contributed by atoms with Crippen LogP contribution in [0.25, 0.3) is 0 Å². The first-order chi connectivity index (χ1) is 9.03. The molecule has 1 aliphatic rings. The van der Waals surface area contributed by atoms with Crippen LogP contribution >= 0.6 is 0 Å². The van der Waals surface area contributed by atoms with Gasteiger partial charge in [-0.3, -0.25) is 4.79 Å². The van der Waals surface area contributed by atoms with Gasteiger partial charge in [0.15, 0.2) is 0 Å². The van der Waals surface area contributed by atoms with Crippen LogP contribution in [0.5, 0.6) is 0 Å². The van der Waals surface area contributed by atoms with Crippen molar-refractivity contribution < 1.29 is 9.59 Å². The Morgan fingerprint density at radius 1 is 1.37 bits per heavy atom. The van der Waals surface area contributed by atoms with Crippen molar-refractivity contribution in [3.8, 4) is 0 Å². The molecule has 0 unspecified atom stereocenters. The number of anilines is 1. The van der Waals surface area contributed by atoms with Crippen molar-refractivity contribution in [2.45, 2.75) is 32.1 Å². The van der Waals surface area contributed by atoms with E-state index in [0.717, 1.165) is 24.9 Å². The standard InChI is InChI=1S/C15H20N2O2/c1-15(2,10-16-7-8-18)12-4-5-13-11(9-12)3-6-14(19)17-13/h4-5,8-9,16H,3,6-7,10H2,1-2H3,(H,17,19). The van der Waals surface area contributed by atoms with E-state index in [1.165, 1.54) is 11.1 Å². The van der Waals surface area contributed by atoms with E-state index in [1.807, 2.05) is 12.1 Å². The number of carbonyl (C=O) groups excluding carboxylic acids is 2. The van der Waals surface area contributed by atoms with E-state index in [4.69, 9.17) is 0 Å². The van der Waals surface area contributed by atoms with Crippen LogP contribution in [0, 0.1) is 0 Å². The molecule has 0 radical (unpaired) electrons. The highest BCUT2D eigenvalue weighted by Gasteiger charge is 2.23. The number of nitrogens with one attached hydrogen (secondary N) is 2. The van der Waals surface area contributed by atoms with Crippen LogP contribution in [0.15, 0.2) is 18.2 Å². The number of hydrogen-bond donors (Lipinski definition) is 2. The summed E-state index contributed by atoms with van der Waals surface area (Å²) >= 11 is 0. The summed E-state index contributed by atoms with van der Waals surface area (Å²) in [4.78, 5) is 21.7. The van der Waals surface area contributed by atoms with Gasteiger partial charge in [0.2, 0.25) is 5.91 Å². The highest BCUT2D eigenvalue weighted by atomic mass is 16.1. The van der Waals surface area contributed by atoms with Crippen molar-refractivity contribution in [2.24, 2.45) is 0 Å². The largest absolute Gasteiger partial charge is 0.326 e. The van der Waals surface area contributed by atoms with Gasteiger partial charge >= 0.3 is 0 Å². The third-order valence-corrected chi connectivity index (χ3v) is 3.58. The number of hydrogen-bond acceptors (Lipinski definition) is 3. The lowest BCUT2D eigenvalue weighted by Crippen LogP contribution is -2.34. The van der Waals surface area contributed by atoms with Crippen molar-refractivity contribution >= 4 is 17.9 Å². The molecule has 0 saturated carbocycles. The fraction of sp³-hybridized carbons (Fsp3) is 0.467. The second kappa shape index (κ2) is 5.53. The number of fused-ring (bicyclic) bond motifs is 1. The molecule has 0 fully saturated rings. The summed E-state index contributed by atoms with van der Waals surface area (Å²) in [5.41, 5.74) is 3.30. The molecule has 0 atom stereocenters. The molecule has 102 valence electrons. The van der Waals surface area contributed by atoms with E-state index in [0.29, 0.717) is 13.0 Å². The fourth-order valence-electron chi connectivity index (χ4n) is 2.35. The molecule has 1 aromatic rings. The number of carbonyl (C=O) groups is 2. The van der Waals surface area contributed by atoms with Gasteiger partial charge in [-0.1, -0.05) is 26.0 Å². The lowest BCUT2D eigenvalue weighted by molar-refractivity contribution is -0.116. The fourth-order valence-corrected chi connectivity index (χ4v) is 2.35. The number of rotatable bonds is 5. The molecule has 0 bridgehead atoms. The summed E-state index contributed by atoms with van der Waals surface area (Å²) in [7, 11) is 0. The second-order valence-corrected chi connectivity index (χ2v) is 5.60. The second-order valence-electron chi connectivity index (χ2n) is 5.60. The average molecular weight is 260 g/mol. The predicted octanol–water partition coefficient (Wildman–Crippen LogP) is 1.64. The third-order valence-electron chi connectivity index (χ3n) is 3.58. The third kappa shape index (κ3) is 3.20. The molecule has 0 aromatic heterocycles. The Morgan fingerprint density at radius 2 is 2.16 bits per heavy atom. The number of amides is 1. The van der Waals surface area contributed by atoms with E-state index in [1.54, 1.807) is 0 Å². The smallest absolute Gasteiger partial charge is 0.224 e. The lowest BCUT2D eigenvalue weighted by atomic mass is 9.82. The highest BCUT2D eigenvalue weighted by molar-refractivity contribution is 5.93. The Bertz CT molecular complexity index is 495. The van der Waals surface area contributed by atoms with Crippen LogP contribution in [0.3, 0.4) is 0 Å². The quantitative estimate of drug-likeness (QED) is 0.625. The summed E-state index contributed by atoms with van der Waals surface area (Å²) in [5.74, 6) is 0.0900. The minimum atomic E-state index is -0.0422. The Kier molecular flexibility index (Phi) is 4.00. The normalized spacial score (nSPS) is 14.7. The van der Waals surface area contributed by atoms with Crippen molar-refractivity contribution in [1.29, 1.82) is 0 Å². The highest BCUT2D eigenvalue weighted by Crippen LogP contribution is 2.29. The van der Waals surface area contributed by atoms with Gasteiger partial charge in [0, 0.05) is 24.1 Å². The zero-order valence-corrected chi connectivity index (χ0v) is 11.5. The molecule has 0 aliphatic carbocycles. The number of aldehydes is 1. The summed E-state index contributed by atoms with van der Waals surface area (Å²) in [5, 5.41) is 6.01. The molecule has 0 saturated heterocycles. The Hall–Kier alpha value is -1.68. The van der Waals surface area contributed by atoms with Crippen LogP contribution < -0.4 is 10.6 Å². The lowest BCUT2D eigenvalue weighted by Gasteiger charge is -2.27. The van der Waals surface area contributed by atoms with Crippen molar-refractivity contribution in [3.63, 3.8) is 0 Å². The van der Waals surface area contributed by atoms with Gasteiger partial charge in [0.25, 0.3) is 0 Å². The maximum atomic E-state index is 11.3. The molecule has 0 spiro atoms. The topological polar surface area (TPSA) is 58.2 Å². The van der Waals surface area contributed by atoms with E-state index in [2.05, 4.69) is 30.5 Å². The van der Waals surface area contributed by atoms with Crippen LogP contribution in [0.2, 0.25) is 0 Å². The van der Waals surface area contributed by atoms with E-state index >= 15 is 0 Å². The molecule has 1 amide bonds. The minimum absolute atomic E-state index is 0.0422. The van der Waals surface area contributed by atoms with Crippen LogP contribution in [-0.4, -0.2) is 25.3 Å². The molecule has 4 heteroatoms. The SMILES string of the molecule is CC(C)(CNCC=O)c1ccc2c(c1)CCC(=O)N2. The Balaban J connectivity index is 2.16. The van der Waals surface area contributed by atoms with E-state index in [9.17, 15) is 9.59 Å². The van der Waals surface area contributed by atoms with Crippen molar-refractivity contribution in [1.82, 2.24) is 5.32 Å². The van der Waals surface area contributed by atoms with Gasteiger partial charge in [-0.15, -0.1) is 0 Å². The molecule has 19 heavy (non-hydrogen) atoms. The molecular weight excluding hydrogens is 240 g/mol. The Labute approximate surface area is 113 Å². The number of benzene rings is 1. The summed E-state index contributed by atoms with van der Waals surface area (Å²) in [6.45, 7) is 5.42. The first-order valence-corrected chi connectivity index (χ1v) is 6.60. The summed E-state index contributed by atoms with van der Waals surface area (Å²) in [6.07, 6.45) is 2.23.